The first-order valence-corrected chi connectivity index (χ1v) is 8.63. The number of rotatable bonds is 2. The van der Waals surface area contributed by atoms with Crippen molar-refractivity contribution in [3.05, 3.63) is 66.0 Å². The fourth-order valence-corrected chi connectivity index (χ4v) is 3.35. The molecular weight excluding hydrogens is 350 g/mol. The normalized spacial score (nSPS) is 14.3. The predicted molar refractivity (Wildman–Crippen MR) is 100 cm³/mol. The molecule has 1 aliphatic heterocycles. The zero-order valence-electron chi connectivity index (χ0n) is 14.7. The smallest absolute Gasteiger partial charge is 0.322 e. The Balaban J connectivity index is 1.50. The number of halogens is 2. The van der Waals surface area contributed by atoms with Gasteiger partial charge in [-0.1, -0.05) is 6.08 Å². The van der Waals surface area contributed by atoms with Crippen LogP contribution in [0, 0.1) is 11.6 Å². The monoisotopic (exact) mass is 368 g/mol. The molecule has 4 rings (SSSR count). The highest BCUT2D eigenvalue weighted by Crippen LogP contribution is 2.29. The Bertz CT molecular complexity index is 1060. The van der Waals surface area contributed by atoms with Gasteiger partial charge in [0.15, 0.2) is 0 Å². The topological polar surface area (TPSA) is 50.2 Å². The molecule has 0 unspecified atom stereocenters. The first-order valence-electron chi connectivity index (χ1n) is 8.63. The summed E-state index contributed by atoms with van der Waals surface area (Å²) >= 11 is 0. The van der Waals surface area contributed by atoms with Gasteiger partial charge >= 0.3 is 6.03 Å². The van der Waals surface area contributed by atoms with Crippen LogP contribution in [0.2, 0.25) is 0 Å². The Labute approximate surface area is 154 Å². The molecule has 1 N–H and O–H groups in total. The Morgan fingerprint density at radius 3 is 2.85 bits per heavy atom. The zero-order chi connectivity index (χ0) is 19.0. The number of pyridine rings is 1. The Morgan fingerprint density at radius 1 is 1.26 bits per heavy atom. The lowest BCUT2D eigenvalue weighted by molar-refractivity contribution is 0.217. The van der Waals surface area contributed by atoms with Crippen LogP contribution in [0.25, 0.3) is 16.6 Å². The maximum Gasteiger partial charge on any atom is 0.322 e. The van der Waals surface area contributed by atoms with Crippen molar-refractivity contribution in [3.8, 4) is 0 Å². The molecule has 138 valence electrons. The summed E-state index contributed by atoms with van der Waals surface area (Å²) in [6.45, 7) is 0.928. The van der Waals surface area contributed by atoms with E-state index in [1.165, 1.54) is 6.07 Å². The van der Waals surface area contributed by atoms with Crippen molar-refractivity contribution in [2.45, 2.75) is 6.42 Å². The molecular formula is C20H18F2N4O. The van der Waals surface area contributed by atoms with Gasteiger partial charge in [-0.05, 0) is 36.3 Å². The van der Waals surface area contributed by atoms with Gasteiger partial charge < -0.3 is 14.8 Å². The van der Waals surface area contributed by atoms with E-state index >= 15 is 0 Å². The van der Waals surface area contributed by atoms with E-state index in [0.717, 1.165) is 34.3 Å². The van der Waals surface area contributed by atoms with E-state index in [9.17, 15) is 13.6 Å². The average Bonchev–Trinajstić information content (AvgIpc) is 3.01. The molecule has 0 atom stereocenters. The maximum atomic E-state index is 13.7. The molecule has 0 spiro atoms. The number of carbonyl (C=O) groups excluding carboxylic acids is 1. The highest BCUT2D eigenvalue weighted by Gasteiger charge is 2.21. The largest absolute Gasteiger partial charge is 0.335 e. The molecule has 7 heteroatoms. The second-order valence-electron chi connectivity index (χ2n) is 6.51. The number of hydrogen-bond acceptors (Lipinski definition) is 2. The molecule has 27 heavy (non-hydrogen) atoms. The molecule has 5 nitrogen and oxygen atoms in total. The van der Waals surface area contributed by atoms with Crippen LogP contribution in [0.5, 0.6) is 0 Å². The quantitative estimate of drug-likeness (QED) is 0.738. The van der Waals surface area contributed by atoms with Crippen LogP contribution in [0.1, 0.15) is 12.0 Å². The van der Waals surface area contributed by atoms with Crippen LogP contribution in [-0.2, 0) is 7.05 Å². The molecule has 0 aliphatic carbocycles. The summed E-state index contributed by atoms with van der Waals surface area (Å²) in [6.07, 6.45) is 6.51. The van der Waals surface area contributed by atoms with E-state index in [-0.39, 0.29) is 5.69 Å². The SMILES string of the molecule is Cn1cc(C2=CCN(C(=O)Nc3ccc(F)cc3F)CC2)c2cccnc21. The van der Waals surface area contributed by atoms with E-state index in [1.54, 1.807) is 11.1 Å². The lowest BCUT2D eigenvalue weighted by Gasteiger charge is -2.26. The molecule has 0 fully saturated rings. The fraction of sp³-hybridized carbons (Fsp3) is 0.200. The minimum absolute atomic E-state index is 0.0312. The number of aryl methyl sites for hydroxylation is 1. The number of anilines is 1. The van der Waals surface area contributed by atoms with Crippen LogP contribution in [0.3, 0.4) is 0 Å². The van der Waals surface area contributed by atoms with E-state index in [2.05, 4.69) is 10.3 Å². The summed E-state index contributed by atoms with van der Waals surface area (Å²) in [5.41, 5.74) is 3.16. The van der Waals surface area contributed by atoms with Gasteiger partial charge in [0.25, 0.3) is 0 Å². The molecule has 1 aliphatic rings. The minimum Gasteiger partial charge on any atom is -0.335 e. The number of benzene rings is 1. The predicted octanol–water partition coefficient (Wildman–Crippen LogP) is 4.17. The van der Waals surface area contributed by atoms with Gasteiger partial charge in [-0.25, -0.2) is 18.6 Å². The Kier molecular flexibility index (Phi) is 4.35. The van der Waals surface area contributed by atoms with Crippen LogP contribution in [0.4, 0.5) is 19.3 Å². The Morgan fingerprint density at radius 2 is 2.11 bits per heavy atom. The number of aromatic nitrogens is 2. The summed E-state index contributed by atoms with van der Waals surface area (Å²) in [5.74, 6) is -1.47. The minimum atomic E-state index is -0.792. The summed E-state index contributed by atoms with van der Waals surface area (Å²) in [7, 11) is 1.96. The molecule has 3 aromatic rings. The van der Waals surface area contributed by atoms with Crippen LogP contribution in [-0.4, -0.2) is 33.6 Å². The number of carbonyl (C=O) groups is 1. The van der Waals surface area contributed by atoms with Crippen molar-refractivity contribution in [1.82, 2.24) is 14.5 Å². The number of urea groups is 1. The fourth-order valence-electron chi connectivity index (χ4n) is 3.35. The van der Waals surface area contributed by atoms with Gasteiger partial charge in [0.05, 0.1) is 5.69 Å². The first kappa shape index (κ1) is 17.2. The van der Waals surface area contributed by atoms with Crippen LogP contribution >= 0.6 is 0 Å². The van der Waals surface area contributed by atoms with Crippen LogP contribution in [0.15, 0.2) is 48.8 Å². The number of hydrogen-bond donors (Lipinski definition) is 1. The average molecular weight is 368 g/mol. The molecule has 1 aromatic carbocycles. The molecule has 0 saturated carbocycles. The first-order chi connectivity index (χ1) is 13.0. The van der Waals surface area contributed by atoms with Crippen molar-refractivity contribution in [3.63, 3.8) is 0 Å². The summed E-state index contributed by atoms with van der Waals surface area (Å²) < 4.78 is 28.7. The second-order valence-corrected chi connectivity index (χ2v) is 6.51. The van der Waals surface area contributed by atoms with E-state index < -0.39 is 17.7 Å². The molecule has 0 radical (unpaired) electrons. The maximum absolute atomic E-state index is 13.7. The highest BCUT2D eigenvalue weighted by molar-refractivity contribution is 5.93. The van der Waals surface area contributed by atoms with Crippen molar-refractivity contribution >= 4 is 28.3 Å². The van der Waals surface area contributed by atoms with E-state index in [4.69, 9.17) is 0 Å². The van der Waals surface area contributed by atoms with Gasteiger partial charge in [0.1, 0.15) is 17.3 Å². The van der Waals surface area contributed by atoms with Crippen LogP contribution < -0.4 is 5.32 Å². The lowest BCUT2D eigenvalue weighted by atomic mass is 10.00. The number of amides is 2. The molecule has 0 saturated heterocycles. The zero-order valence-corrected chi connectivity index (χ0v) is 14.7. The summed E-state index contributed by atoms with van der Waals surface area (Å²) in [5, 5.41) is 3.58. The standard InChI is InChI=1S/C20H18F2N4O/c1-25-12-16(15-3-2-8-23-19(15)25)13-6-9-26(10-7-13)20(27)24-18-5-4-14(21)11-17(18)22/h2-6,8,11-12H,7,9-10H2,1H3,(H,24,27). The third kappa shape index (κ3) is 3.28. The Hall–Kier alpha value is -3.22. The van der Waals surface area contributed by atoms with Gasteiger partial charge in [-0.3, -0.25) is 0 Å². The molecule has 0 bridgehead atoms. The van der Waals surface area contributed by atoms with E-state index in [0.29, 0.717) is 19.5 Å². The molecule has 2 amide bonds. The number of nitrogens with zero attached hydrogens (tertiary/aromatic N) is 3. The lowest BCUT2D eigenvalue weighted by Crippen LogP contribution is -2.38. The summed E-state index contributed by atoms with van der Waals surface area (Å²) in [6, 6.07) is 6.62. The number of fused-ring (bicyclic) bond motifs is 1. The second kappa shape index (κ2) is 6.83. The molecule has 3 heterocycles. The van der Waals surface area contributed by atoms with Crippen molar-refractivity contribution in [2.75, 3.05) is 18.4 Å². The summed E-state index contributed by atoms with van der Waals surface area (Å²) in [4.78, 5) is 18.4. The molecule has 2 aromatic heterocycles. The van der Waals surface area contributed by atoms with Crippen molar-refractivity contribution < 1.29 is 13.6 Å². The van der Waals surface area contributed by atoms with Gasteiger partial charge in [0, 0.05) is 49.5 Å². The van der Waals surface area contributed by atoms with Gasteiger partial charge in [0.2, 0.25) is 0 Å². The number of nitrogens with one attached hydrogen (secondary N) is 1. The van der Waals surface area contributed by atoms with Gasteiger partial charge in [-0.2, -0.15) is 0 Å². The van der Waals surface area contributed by atoms with Crippen molar-refractivity contribution in [2.24, 2.45) is 7.05 Å². The third-order valence-electron chi connectivity index (χ3n) is 4.75. The van der Waals surface area contributed by atoms with Crippen molar-refractivity contribution in [1.29, 1.82) is 0 Å². The van der Waals surface area contributed by atoms with Gasteiger partial charge in [-0.15, -0.1) is 0 Å². The van der Waals surface area contributed by atoms with E-state index in [1.807, 2.05) is 36.0 Å². The highest BCUT2D eigenvalue weighted by atomic mass is 19.1. The third-order valence-corrected chi connectivity index (χ3v) is 4.75.